The van der Waals surface area contributed by atoms with Crippen molar-refractivity contribution >= 4 is 11.6 Å². The third-order valence-corrected chi connectivity index (χ3v) is 2.09. The first-order valence-electron chi connectivity index (χ1n) is 5.41. The molecule has 1 rings (SSSR count). The molecule has 1 amide bonds. The van der Waals surface area contributed by atoms with Crippen LogP contribution in [0.1, 0.15) is 6.92 Å². The third kappa shape index (κ3) is 4.84. The predicted molar refractivity (Wildman–Crippen MR) is 66.1 cm³/mol. The number of methoxy groups -OCH3 is 1. The second-order valence-electron chi connectivity index (χ2n) is 3.64. The van der Waals surface area contributed by atoms with Crippen molar-refractivity contribution in [3.05, 3.63) is 24.3 Å². The zero-order chi connectivity index (χ0) is 12.7. The minimum absolute atomic E-state index is 0.210. The topological polar surface area (TPSA) is 73.6 Å². The summed E-state index contributed by atoms with van der Waals surface area (Å²) >= 11 is 0. The van der Waals surface area contributed by atoms with E-state index in [1.165, 1.54) is 0 Å². The Balaban J connectivity index is 2.47. The van der Waals surface area contributed by atoms with Gasteiger partial charge < -0.3 is 20.5 Å². The second kappa shape index (κ2) is 6.88. The van der Waals surface area contributed by atoms with Gasteiger partial charge >= 0.3 is 0 Å². The van der Waals surface area contributed by atoms with Gasteiger partial charge in [0.2, 0.25) is 5.91 Å². The van der Waals surface area contributed by atoms with E-state index in [4.69, 9.17) is 15.2 Å². The van der Waals surface area contributed by atoms with Crippen molar-refractivity contribution in [3.63, 3.8) is 0 Å². The lowest BCUT2D eigenvalue weighted by Crippen LogP contribution is -2.32. The van der Waals surface area contributed by atoms with Crippen LogP contribution in [0.25, 0.3) is 0 Å². The molecule has 17 heavy (non-hydrogen) atoms. The molecule has 1 aromatic carbocycles. The van der Waals surface area contributed by atoms with E-state index < -0.39 is 6.04 Å². The molecule has 0 saturated heterocycles. The molecule has 3 N–H and O–H groups in total. The van der Waals surface area contributed by atoms with Gasteiger partial charge in [0.15, 0.2) is 0 Å². The lowest BCUT2D eigenvalue weighted by Gasteiger charge is -2.09. The maximum atomic E-state index is 11.3. The minimum Gasteiger partial charge on any atom is -0.491 e. The van der Waals surface area contributed by atoms with Crippen LogP contribution in [0.3, 0.4) is 0 Å². The summed E-state index contributed by atoms with van der Waals surface area (Å²) in [5, 5.41) is 2.69. The summed E-state index contributed by atoms with van der Waals surface area (Å²) in [4.78, 5) is 11.3. The molecule has 0 unspecified atom stereocenters. The summed E-state index contributed by atoms with van der Waals surface area (Å²) in [6, 6.07) is 6.58. The lowest BCUT2D eigenvalue weighted by atomic mass is 10.2. The first-order chi connectivity index (χ1) is 8.13. The number of amides is 1. The molecule has 0 saturated carbocycles. The number of rotatable bonds is 6. The van der Waals surface area contributed by atoms with Gasteiger partial charge in [0, 0.05) is 12.8 Å². The zero-order valence-corrected chi connectivity index (χ0v) is 10.1. The van der Waals surface area contributed by atoms with Crippen LogP contribution >= 0.6 is 0 Å². The molecule has 5 heteroatoms. The van der Waals surface area contributed by atoms with E-state index in [2.05, 4.69) is 5.32 Å². The van der Waals surface area contributed by atoms with Crippen molar-refractivity contribution in [2.75, 3.05) is 25.6 Å². The van der Waals surface area contributed by atoms with Crippen LogP contribution < -0.4 is 15.8 Å². The SMILES string of the molecule is COCCOc1ccc(NC(=O)[C@H](C)N)cc1. The van der Waals surface area contributed by atoms with Crippen LogP contribution in [0.15, 0.2) is 24.3 Å². The molecule has 0 heterocycles. The molecule has 94 valence electrons. The highest BCUT2D eigenvalue weighted by molar-refractivity contribution is 5.94. The van der Waals surface area contributed by atoms with Gasteiger partial charge in [-0.25, -0.2) is 0 Å². The average molecular weight is 238 g/mol. The zero-order valence-electron chi connectivity index (χ0n) is 10.1. The minimum atomic E-state index is -0.521. The van der Waals surface area contributed by atoms with Crippen LogP contribution in [0.2, 0.25) is 0 Å². The van der Waals surface area contributed by atoms with E-state index in [1.807, 2.05) is 0 Å². The second-order valence-corrected chi connectivity index (χ2v) is 3.64. The normalized spacial score (nSPS) is 11.9. The van der Waals surface area contributed by atoms with Crippen molar-refractivity contribution < 1.29 is 14.3 Å². The number of hydrogen-bond acceptors (Lipinski definition) is 4. The van der Waals surface area contributed by atoms with Crippen molar-refractivity contribution in [2.45, 2.75) is 13.0 Å². The molecule has 0 aliphatic rings. The van der Waals surface area contributed by atoms with Gasteiger partial charge in [-0.05, 0) is 31.2 Å². The van der Waals surface area contributed by atoms with E-state index in [-0.39, 0.29) is 5.91 Å². The highest BCUT2D eigenvalue weighted by Crippen LogP contribution is 2.15. The lowest BCUT2D eigenvalue weighted by molar-refractivity contribution is -0.117. The Hall–Kier alpha value is -1.59. The van der Waals surface area contributed by atoms with Crippen molar-refractivity contribution in [1.29, 1.82) is 0 Å². The molecule has 1 aromatic rings. The van der Waals surface area contributed by atoms with Gasteiger partial charge in [0.25, 0.3) is 0 Å². The molecule has 1 atom stereocenters. The Labute approximate surface area is 101 Å². The molecule has 5 nitrogen and oxygen atoms in total. The molecule has 0 radical (unpaired) electrons. The summed E-state index contributed by atoms with van der Waals surface area (Å²) in [5.74, 6) is 0.527. The smallest absolute Gasteiger partial charge is 0.240 e. The number of benzene rings is 1. The van der Waals surface area contributed by atoms with Crippen molar-refractivity contribution in [3.8, 4) is 5.75 Å². The van der Waals surface area contributed by atoms with Crippen LogP contribution in [0, 0.1) is 0 Å². The Morgan fingerprint density at radius 3 is 2.53 bits per heavy atom. The first-order valence-corrected chi connectivity index (χ1v) is 5.41. The highest BCUT2D eigenvalue weighted by Gasteiger charge is 2.06. The van der Waals surface area contributed by atoms with Crippen LogP contribution in [-0.4, -0.2) is 32.3 Å². The molecule has 0 aliphatic carbocycles. The summed E-state index contributed by atoms with van der Waals surface area (Å²) in [6.45, 7) is 2.68. The maximum Gasteiger partial charge on any atom is 0.240 e. The van der Waals surface area contributed by atoms with Crippen molar-refractivity contribution in [1.82, 2.24) is 0 Å². The van der Waals surface area contributed by atoms with Gasteiger partial charge in [-0.15, -0.1) is 0 Å². The molecule has 0 aromatic heterocycles. The quantitative estimate of drug-likeness (QED) is 0.725. The van der Waals surface area contributed by atoms with Gasteiger partial charge in [-0.3, -0.25) is 4.79 Å². The number of carbonyl (C=O) groups excluding carboxylic acids is 1. The van der Waals surface area contributed by atoms with E-state index >= 15 is 0 Å². The fraction of sp³-hybridized carbons (Fsp3) is 0.417. The van der Waals surface area contributed by atoms with Crippen molar-refractivity contribution in [2.24, 2.45) is 5.73 Å². The Bertz CT molecular complexity index is 349. The Kier molecular flexibility index (Phi) is 5.45. The Morgan fingerprint density at radius 2 is 2.00 bits per heavy atom. The van der Waals surface area contributed by atoms with E-state index in [0.29, 0.717) is 18.9 Å². The van der Waals surface area contributed by atoms with Gasteiger partial charge in [0.1, 0.15) is 12.4 Å². The largest absolute Gasteiger partial charge is 0.491 e. The van der Waals surface area contributed by atoms with Crippen LogP contribution in [-0.2, 0) is 9.53 Å². The third-order valence-electron chi connectivity index (χ3n) is 2.09. The highest BCUT2D eigenvalue weighted by atomic mass is 16.5. The molecule has 0 spiro atoms. The number of hydrogen-bond donors (Lipinski definition) is 2. The van der Waals surface area contributed by atoms with E-state index in [1.54, 1.807) is 38.3 Å². The van der Waals surface area contributed by atoms with Gasteiger partial charge in [0.05, 0.1) is 12.6 Å². The predicted octanol–water partition coefficient (Wildman–Crippen LogP) is 0.998. The molecule has 0 aliphatic heterocycles. The van der Waals surface area contributed by atoms with E-state index in [0.717, 1.165) is 5.75 Å². The average Bonchev–Trinajstić information content (AvgIpc) is 2.31. The number of nitrogens with one attached hydrogen (secondary N) is 1. The van der Waals surface area contributed by atoms with Crippen LogP contribution in [0.4, 0.5) is 5.69 Å². The summed E-state index contributed by atoms with van der Waals surface area (Å²) in [6.07, 6.45) is 0. The fourth-order valence-corrected chi connectivity index (χ4v) is 1.13. The molecular formula is C12H18N2O3. The first kappa shape index (κ1) is 13.5. The summed E-state index contributed by atoms with van der Waals surface area (Å²) in [7, 11) is 1.62. The standard InChI is InChI=1S/C12H18N2O3/c1-9(13)12(15)14-10-3-5-11(6-4-10)17-8-7-16-2/h3-6,9H,7-8,13H2,1-2H3,(H,14,15)/t9-/m0/s1. The molecule has 0 bridgehead atoms. The monoisotopic (exact) mass is 238 g/mol. The van der Waals surface area contributed by atoms with E-state index in [9.17, 15) is 4.79 Å². The fourth-order valence-electron chi connectivity index (χ4n) is 1.13. The number of anilines is 1. The van der Waals surface area contributed by atoms with Crippen LogP contribution in [0.5, 0.6) is 5.75 Å². The molecular weight excluding hydrogens is 220 g/mol. The Morgan fingerprint density at radius 1 is 1.35 bits per heavy atom. The maximum absolute atomic E-state index is 11.3. The number of ether oxygens (including phenoxy) is 2. The number of nitrogens with two attached hydrogens (primary N) is 1. The molecule has 0 fully saturated rings. The number of carbonyl (C=O) groups is 1. The van der Waals surface area contributed by atoms with Gasteiger partial charge in [-0.1, -0.05) is 0 Å². The van der Waals surface area contributed by atoms with Gasteiger partial charge in [-0.2, -0.15) is 0 Å². The summed E-state index contributed by atoms with van der Waals surface area (Å²) < 4.78 is 10.3. The summed E-state index contributed by atoms with van der Waals surface area (Å²) in [5.41, 5.74) is 6.14.